The number of nitrogens with zero attached hydrogens (tertiary/aromatic N) is 3. The average molecular weight is 309 g/mol. The van der Waals surface area contributed by atoms with Crippen molar-refractivity contribution in [3.63, 3.8) is 0 Å². The standard InChI is InChI=1S/C14H19N3O3S/c1-12-10-17(6-8-20-12)21(18,19)9-7-16-11-15-13-4-2-3-5-14(13)16/h2-5,11-12H,6-10H2,1H3/t12-/m1/s1. The molecule has 21 heavy (non-hydrogen) atoms. The van der Waals surface area contributed by atoms with Gasteiger partial charge in [-0.3, -0.25) is 0 Å². The fraction of sp³-hybridized carbons (Fsp3) is 0.500. The minimum absolute atomic E-state index is 0.0393. The van der Waals surface area contributed by atoms with Crippen molar-refractivity contribution in [3.05, 3.63) is 30.6 Å². The highest BCUT2D eigenvalue weighted by molar-refractivity contribution is 7.89. The van der Waals surface area contributed by atoms with Crippen molar-refractivity contribution in [1.29, 1.82) is 0 Å². The second-order valence-corrected chi connectivity index (χ2v) is 7.37. The van der Waals surface area contributed by atoms with Gasteiger partial charge >= 0.3 is 0 Å². The van der Waals surface area contributed by atoms with Crippen molar-refractivity contribution in [1.82, 2.24) is 13.9 Å². The van der Waals surface area contributed by atoms with E-state index in [4.69, 9.17) is 4.74 Å². The van der Waals surface area contributed by atoms with Crippen molar-refractivity contribution >= 4 is 21.1 Å². The molecule has 1 atom stereocenters. The third-order valence-corrected chi connectivity index (χ3v) is 5.53. The molecule has 1 aliphatic rings. The van der Waals surface area contributed by atoms with Crippen molar-refractivity contribution in [2.75, 3.05) is 25.4 Å². The topological polar surface area (TPSA) is 64.4 Å². The molecule has 7 heteroatoms. The van der Waals surface area contributed by atoms with Crippen LogP contribution in [0, 0.1) is 0 Å². The Kier molecular flexibility index (Phi) is 3.97. The van der Waals surface area contributed by atoms with E-state index in [1.807, 2.05) is 35.8 Å². The van der Waals surface area contributed by atoms with E-state index in [2.05, 4.69) is 4.98 Å². The Morgan fingerprint density at radius 3 is 3.00 bits per heavy atom. The van der Waals surface area contributed by atoms with Crippen LogP contribution in [0.1, 0.15) is 6.92 Å². The van der Waals surface area contributed by atoms with Crippen LogP contribution < -0.4 is 0 Å². The molecule has 1 aromatic carbocycles. The molecule has 0 spiro atoms. The molecular formula is C14H19N3O3S. The van der Waals surface area contributed by atoms with E-state index in [1.165, 1.54) is 4.31 Å². The van der Waals surface area contributed by atoms with Gasteiger partial charge in [0.25, 0.3) is 0 Å². The lowest BCUT2D eigenvalue weighted by Gasteiger charge is -2.30. The predicted octanol–water partition coefficient (Wildman–Crippen LogP) is 1.09. The van der Waals surface area contributed by atoms with Crippen molar-refractivity contribution in [2.45, 2.75) is 19.6 Å². The highest BCUT2D eigenvalue weighted by Gasteiger charge is 2.27. The summed E-state index contributed by atoms with van der Waals surface area (Å²) in [5, 5.41) is 0. The third-order valence-electron chi connectivity index (χ3n) is 3.71. The molecule has 2 heterocycles. The zero-order valence-corrected chi connectivity index (χ0v) is 12.8. The minimum atomic E-state index is -3.26. The van der Waals surface area contributed by atoms with Gasteiger partial charge in [-0.1, -0.05) is 12.1 Å². The highest BCUT2D eigenvalue weighted by atomic mass is 32.2. The minimum Gasteiger partial charge on any atom is -0.376 e. The lowest BCUT2D eigenvalue weighted by Crippen LogP contribution is -2.45. The summed E-state index contributed by atoms with van der Waals surface area (Å²) >= 11 is 0. The van der Waals surface area contributed by atoms with Crippen molar-refractivity contribution in [3.8, 4) is 0 Å². The first-order valence-electron chi connectivity index (χ1n) is 7.05. The number of sulfonamides is 1. The number of hydrogen-bond acceptors (Lipinski definition) is 4. The summed E-state index contributed by atoms with van der Waals surface area (Å²) in [7, 11) is -3.26. The zero-order chi connectivity index (χ0) is 14.9. The molecule has 1 aliphatic heterocycles. The van der Waals surface area contributed by atoms with Crippen LogP contribution in [0.25, 0.3) is 11.0 Å². The van der Waals surface area contributed by atoms with Crippen LogP contribution in [0.4, 0.5) is 0 Å². The maximum atomic E-state index is 12.4. The van der Waals surface area contributed by atoms with E-state index in [0.29, 0.717) is 26.2 Å². The zero-order valence-electron chi connectivity index (χ0n) is 12.0. The predicted molar refractivity (Wildman–Crippen MR) is 80.5 cm³/mol. The summed E-state index contributed by atoms with van der Waals surface area (Å²) < 4.78 is 33.6. The fourth-order valence-electron chi connectivity index (χ4n) is 2.57. The molecule has 114 valence electrons. The van der Waals surface area contributed by atoms with E-state index < -0.39 is 10.0 Å². The van der Waals surface area contributed by atoms with Crippen LogP contribution >= 0.6 is 0 Å². The second-order valence-electron chi connectivity index (χ2n) is 5.28. The van der Waals surface area contributed by atoms with Gasteiger partial charge in [0, 0.05) is 19.6 Å². The molecule has 0 amide bonds. The molecule has 0 saturated carbocycles. The largest absolute Gasteiger partial charge is 0.376 e. The van der Waals surface area contributed by atoms with E-state index >= 15 is 0 Å². The van der Waals surface area contributed by atoms with Gasteiger partial charge in [0.2, 0.25) is 10.0 Å². The fourth-order valence-corrected chi connectivity index (χ4v) is 4.05. The van der Waals surface area contributed by atoms with Gasteiger partial charge in [0.15, 0.2) is 0 Å². The normalized spacial score (nSPS) is 20.9. The number of aromatic nitrogens is 2. The molecule has 0 aliphatic carbocycles. The van der Waals surface area contributed by atoms with E-state index in [-0.39, 0.29) is 11.9 Å². The quantitative estimate of drug-likeness (QED) is 0.848. The van der Waals surface area contributed by atoms with Gasteiger partial charge in [-0.05, 0) is 19.1 Å². The van der Waals surface area contributed by atoms with Crippen molar-refractivity contribution in [2.24, 2.45) is 0 Å². The molecule has 0 unspecified atom stereocenters. The van der Waals surface area contributed by atoms with Gasteiger partial charge in [-0.15, -0.1) is 0 Å². The highest BCUT2D eigenvalue weighted by Crippen LogP contribution is 2.14. The maximum Gasteiger partial charge on any atom is 0.216 e. The third kappa shape index (κ3) is 3.09. The number of aryl methyl sites for hydroxylation is 1. The summed E-state index contributed by atoms with van der Waals surface area (Å²) in [6.07, 6.45) is 1.66. The van der Waals surface area contributed by atoms with Crippen LogP contribution in [-0.2, 0) is 21.3 Å². The Hall–Kier alpha value is -1.44. The number of rotatable bonds is 4. The first-order valence-corrected chi connectivity index (χ1v) is 8.66. The summed E-state index contributed by atoms with van der Waals surface area (Å²) in [6.45, 7) is 3.65. The Morgan fingerprint density at radius 1 is 1.38 bits per heavy atom. The van der Waals surface area contributed by atoms with Gasteiger partial charge in [0.05, 0.1) is 35.8 Å². The van der Waals surface area contributed by atoms with Crippen molar-refractivity contribution < 1.29 is 13.2 Å². The Morgan fingerprint density at radius 2 is 2.19 bits per heavy atom. The molecule has 0 N–H and O–H groups in total. The van der Waals surface area contributed by atoms with Crippen LogP contribution in [-0.4, -0.2) is 53.8 Å². The molecule has 0 radical (unpaired) electrons. The lowest BCUT2D eigenvalue weighted by molar-refractivity contribution is 0.0102. The second kappa shape index (κ2) is 5.75. The molecular weight excluding hydrogens is 290 g/mol. The molecule has 6 nitrogen and oxygen atoms in total. The van der Waals surface area contributed by atoms with Gasteiger partial charge in [0.1, 0.15) is 0 Å². The number of imidazole rings is 1. The first kappa shape index (κ1) is 14.5. The smallest absolute Gasteiger partial charge is 0.216 e. The summed E-state index contributed by atoms with van der Waals surface area (Å²) in [5.74, 6) is 0.0834. The maximum absolute atomic E-state index is 12.4. The summed E-state index contributed by atoms with van der Waals surface area (Å²) in [6, 6.07) is 7.72. The van der Waals surface area contributed by atoms with Crippen LogP contribution in [0.2, 0.25) is 0 Å². The monoisotopic (exact) mass is 309 g/mol. The van der Waals surface area contributed by atoms with E-state index in [0.717, 1.165) is 11.0 Å². The average Bonchev–Trinajstić information content (AvgIpc) is 2.88. The number of ether oxygens (including phenoxy) is 1. The van der Waals surface area contributed by atoms with E-state index in [1.54, 1.807) is 6.33 Å². The number of para-hydroxylation sites is 2. The number of fused-ring (bicyclic) bond motifs is 1. The molecule has 1 aromatic heterocycles. The Balaban J connectivity index is 1.71. The van der Waals surface area contributed by atoms with Gasteiger partial charge in [-0.2, -0.15) is 4.31 Å². The molecule has 0 bridgehead atoms. The van der Waals surface area contributed by atoms with Crippen LogP contribution in [0.3, 0.4) is 0 Å². The number of benzene rings is 1. The van der Waals surface area contributed by atoms with Gasteiger partial charge in [-0.25, -0.2) is 13.4 Å². The SMILES string of the molecule is C[C@@H]1CN(S(=O)(=O)CCn2cnc3ccccc32)CCO1. The Bertz CT molecular complexity index is 726. The number of morpholine rings is 1. The Labute approximate surface area is 124 Å². The van der Waals surface area contributed by atoms with Gasteiger partial charge < -0.3 is 9.30 Å². The lowest BCUT2D eigenvalue weighted by atomic mass is 10.3. The van der Waals surface area contributed by atoms with Crippen LogP contribution in [0.5, 0.6) is 0 Å². The summed E-state index contributed by atoms with van der Waals surface area (Å²) in [5.41, 5.74) is 1.85. The summed E-state index contributed by atoms with van der Waals surface area (Å²) in [4.78, 5) is 4.28. The molecule has 1 saturated heterocycles. The molecule has 3 rings (SSSR count). The first-order chi connectivity index (χ1) is 10.1. The van der Waals surface area contributed by atoms with E-state index in [9.17, 15) is 8.42 Å². The molecule has 1 fully saturated rings. The number of hydrogen-bond donors (Lipinski definition) is 0. The molecule has 2 aromatic rings. The van der Waals surface area contributed by atoms with Crippen LogP contribution in [0.15, 0.2) is 30.6 Å².